The van der Waals surface area contributed by atoms with Gasteiger partial charge in [-0.15, -0.1) is 0 Å². The van der Waals surface area contributed by atoms with Crippen LogP contribution in [0.1, 0.15) is 45.1 Å². The zero-order valence-electron chi connectivity index (χ0n) is 16.2. The normalized spacial score (nSPS) is 20.7. The second kappa shape index (κ2) is 10.7. The highest BCUT2D eigenvalue weighted by Crippen LogP contribution is 2.34. The third-order valence-corrected chi connectivity index (χ3v) is 6.80. The number of hydrogen-bond donors (Lipinski definition) is 3. The third-order valence-electron chi connectivity index (χ3n) is 4.84. The first-order valence-corrected chi connectivity index (χ1v) is 11.3. The first-order valence-electron chi connectivity index (χ1n) is 9.79. The Morgan fingerprint density at radius 3 is 2.56 bits per heavy atom. The molecular formula is C20H32N3O3P. The molecule has 1 saturated heterocycles. The van der Waals surface area contributed by atoms with Crippen molar-refractivity contribution in [2.45, 2.75) is 63.8 Å². The van der Waals surface area contributed by atoms with Gasteiger partial charge < -0.3 is 20.9 Å². The van der Waals surface area contributed by atoms with Gasteiger partial charge in [-0.05, 0) is 43.7 Å². The molecule has 4 atom stereocenters. The molecule has 0 radical (unpaired) electrons. The summed E-state index contributed by atoms with van der Waals surface area (Å²) in [6.45, 7) is 4.75. The Kier molecular flexibility index (Phi) is 8.68. The quantitative estimate of drug-likeness (QED) is 0.559. The lowest BCUT2D eigenvalue weighted by atomic mass is 10.0. The summed E-state index contributed by atoms with van der Waals surface area (Å²) >= 11 is 0. The molecule has 6 nitrogen and oxygen atoms in total. The molecule has 1 fully saturated rings. The minimum Gasteiger partial charge on any atom is -0.344 e. The predicted octanol–water partition coefficient (Wildman–Crippen LogP) is 2.27. The predicted molar refractivity (Wildman–Crippen MR) is 109 cm³/mol. The molecule has 0 saturated carbocycles. The molecule has 1 aliphatic rings. The van der Waals surface area contributed by atoms with Gasteiger partial charge in [-0.1, -0.05) is 50.6 Å². The molecule has 0 aliphatic carbocycles. The Morgan fingerprint density at radius 2 is 1.96 bits per heavy atom. The van der Waals surface area contributed by atoms with Gasteiger partial charge in [-0.25, -0.2) is 0 Å². The summed E-state index contributed by atoms with van der Waals surface area (Å²) in [4.78, 5) is 25.4. The van der Waals surface area contributed by atoms with Crippen LogP contribution in [0.5, 0.6) is 0 Å². The Balaban J connectivity index is 2.00. The molecule has 27 heavy (non-hydrogen) atoms. The summed E-state index contributed by atoms with van der Waals surface area (Å²) in [5, 5.41) is 5.96. The van der Waals surface area contributed by atoms with Crippen LogP contribution in [0, 0.1) is 5.92 Å². The average molecular weight is 393 g/mol. The molecule has 2 rings (SSSR count). The monoisotopic (exact) mass is 393 g/mol. The van der Waals surface area contributed by atoms with Crippen LogP contribution in [0.15, 0.2) is 30.3 Å². The maximum Gasteiger partial charge on any atom is 0.237 e. The lowest BCUT2D eigenvalue weighted by Crippen LogP contribution is -2.49. The highest BCUT2D eigenvalue weighted by atomic mass is 31.1. The van der Waals surface area contributed by atoms with Crippen LogP contribution in [0.2, 0.25) is 0 Å². The molecule has 0 aromatic heterocycles. The van der Waals surface area contributed by atoms with Crippen LogP contribution in [0.3, 0.4) is 0 Å². The van der Waals surface area contributed by atoms with Crippen molar-refractivity contribution in [2.75, 3.05) is 6.54 Å². The number of amides is 1. The molecule has 7 heteroatoms. The van der Waals surface area contributed by atoms with Crippen LogP contribution < -0.4 is 16.4 Å². The second-order valence-corrected chi connectivity index (χ2v) is 9.64. The summed E-state index contributed by atoms with van der Waals surface area (Å²) in [5.74, 6) is -0.427. The van der Waals surface area contributed by atoms with Gasteiger partial charge in [0.05, 0.1) is 17.9 Å². The Morgan fingerprint density at radius 1 is 1.26 bits per heavy atom. The van der Waals surface area contributed by atoms with Crippen LogP contribution in [0.25, 0.3) is 0 Å². The topological polar surface area (TPSA) is 101 Å². The van der Waals surface area contributed by atoms with Gasteiger partial charge in [0.1, 0.15) is 0 Å². The number of rotatable bonds is 9. The number of carbonyl (C=O) groups excluding carboxylic acids is 2. The molecule has 150 valence electrons. The molecule has 1 amide bonds. The van der Waals surface area contributed by atoms with E-state index in [0.717, 1.165) is 31.4 Å². The largest absolute Gasteiger partial charge is 0.344 e. The van der Waals surface area contributed by atoms with E-state index in [2.05, 4.69) is 10.6 Å². The van der Waals surface area contributed by atoms with E-state index in [1.807, 2.05) is 44.2 Å². The fourth-order valence-corrected chi connectivity index (χ4v) is 5.03. The first-order chi connectivity index (χ1) is 12.9. The lowest BCUT2D eigenvalue weighted by molar-refractivity contribution is -0.126. The number of nitrogens with two attached hydrogens (primary N) is 1. The summed E-state index contributed by atoms with van der Waals surface area (Å²) < 4.78 is 12.8. The summed E-state index contributed by atoms with van der Waals surface area (Å²) in [6, 6.07) is 8.04. The lowest BCUT2D eigenvalue weighted by Gasteiger charge is -2.26. The van der Waals surface area contributed by atoms with Gasteiger partial charge in [0.25, 0.3) is 0 Å². The van der Waals surface area contributed by atoms with Gasteiger partial charge in [0.2, 0.25) is 11.4 Å². The molecule has 4 N–H and O–H groups in total. The van der Waals surface area contributed by atoms with Crippen molar-refractivity contribution in [3.8, 4) is 0 Å². The number of piperidine rings is 1. The third kappa shape index (κ3) is 6.87. The molecule has 1 aliphatic heterocycles. The first kappa shape index (κ1) is 21.8. The Hall–Kier alpha value is -1.49. The van der Waals surface area contributed by atoms with Crippen molar-refractivity contribution in [3.05, 3.63) is 35.9 Å². The van der Waals surface area contributed by atoms with Crippen molar-refractivity contribution < 1.29 is 14.2 Å². The minimum absolute atomic E-state index is 0.193. The molecule has 1 aromatic carbocycles. The van der Waals surface area contributed by atoms with E-state index in [-0.39, 0.29) is 23.1 Å². The number of benzene rings is 1. The summed E-state index contributed by atoms with van der Waals surface area (Å²) in [6.07, 6.45) is 3.63. The maximum absolute atomic E-state index is 12.8. The molecular weight excluding hydrogens is 361 g/mol. The SMILES string of the molecule is CC(C)C[C@H](NC(=O)[C@@H](N)Cc1ccccc1)C(=O)[PH](=O)[C@H]1CCCCN1. The molecule has 1 heterocycles. The Bertz CT molecular complexity index is 645. The van der Waals surface area contributed by atoms with E-state index in [1.165, 1.54) is 0 Å². The van der Waals surface area contributed by atoms with Crippen molar-refractivity contribution >= 4 is 19.2 Å². The second-order valence-electron chi connectivity index (χ2n) is 7.72. The van der Waals surface area contributed by atoms with Crippen molar-refractivity contribution in [1.29, 1.82) is 0 Å². The van der Waals surface area contributed by atoms with E-state index < -0.39 is 19.9 Å². The van der Waals surface area contributed by atoms with Crippen molar-refractivity contribution in [2.24, 2.45) is 11.7 Å². The van der Waals surface area contributed by atoms with E-state index in [9.17, 15) is 14.2 Å². The van der Waals surface area contributed by atoms with Crippen LogP contribution in [-0.2, 0) is 20.6 Å². The van der Waals surface area contributed by atoms with Gasteiger partial charge in [0, 0.05) is 0 Å². The van der Waals surface area contributed by atoms with Gasteiger partial charge in [-0.3, -0.25) is 9.59 Å². The van der Waals surface area contributed by atoms with Crippen LogP contribution in [0.4, 0.5) is 0 Å². The average Bonchev–Trinajstić information content (AvgIpc) is 2.67. The standard InChI is InChI=1S/C20H32N3O3P/c1-14(2)12-17(20(25)27(26)18-10-6-7-11-22-18)23-19(24)16(21)13-15-8-4-3-5-9-15/h3-5,8-9,14,16-18,22,27H,6-7,10-13,21H2,1-2H3,(H,23,24)/t16-,17-,18-/m0/s1. The van der Waals surface area contributed by atoms with E-state index in [4.69, 9.17) is 5.73 Å². The molecule has 0 spiro atoms. The zero-order valence-corrected chi connectivity index (χ0v) is 17.2. The van der Waals surface area contributed by atoms with Crippen LogP contribution >= 0.6 is 7.80 Å². The minimum atomic E-state index is -2.50. The number of carbonyl (C=O) groups is 2. The van der Waals surface area contributed by atoms with Gasteiger partial charge in [0.15, 0.2) is 7.80 Å². The van der Waals surface area contributed by atoms with Crippen molar-refractivity contribution in [3.63, 3.8) is 0 Å². The number of hydrogen-bond acceptors (Lipinski definition) is 5. The molecule has 1 aromatic rings. The highest BCUT2D eigenvalue weighted by molar-refractivity contribution is 7.64. The highest BCUT2D eigenvalue weighted by Gasteiger charge is 2.32. The van der Waals surface area contributed by atoms with E-state index >= 15 is 0 Å². The zero-order chi connectivity index (χ0) is 19.8. The molecule has 1 unspecified atom stereocenters. The summed E-state index contributed by atoms with van der Waals surface area (Å²) in [5.41, 5.74) is 6.67. The van der Waals surface area contributed by atoms with Gasteiger partial charge in [-0.2, -0.15) is 0 Å². The molecule has 0 bridgehead atoms. The number of nitrogens with one attached hydrogen (secondary N) is 2. The van der Waals surface area contributed by atoms with Crippen LogP contribution in [-0.4, -0.2) is 35.8 Å². The Labute approximate surface area is 162 Å². The van der Waals surface area contributed by atoms with Crippen molar-refractivity contribution in [1.82, 2.24) is 10.6 Å². The summed E-state index contributed by atoms with van der Waals surface area (Å²) in [7, 11) is -2.50. The fourth-order valence-electron chi connectivity index (χ4n) is 3.36. The fraction of sp³-hybridized carbons (Fsp3) is 0.600. The van der Waals surface area contributed by atoms with E-state index in [0.29, 0.717) is 12.8 Å². The van der Waals surface area contributed by atoms with E-state index in [1.54, 1.807) is 0 Å². The maximum atomic E-state index is 12.8. The van der Waals surface area contributed by atoms with Gasteiger partial charge >= 0.3 is 0 Å². The smallest absolute Gasteiger partial charge is 0.237 e.